The van der Waals surface area contributed by atoms with Crippen LogP contribution in [0, 0.1) is 0 Å². The molecule has 0 fully saturated rings. The third-order valence-corrected chi connectivity index (χ3v) is 6.05. The van der Waals surface area contributed by atoms with E-state index in [9.17, 15) is 0 Å². The lowest BCUT2D eigenvalue weighted by Crippen LogP contribution is -2.03. The van der Waals surface area contributed by atoms with Gasteiger partial charge in [0, 0.05) is 38.5 Å². The second-order valence-electron chi connectivity index (χ2n) is 8.11. The molecule has 2 heteroatoms. The molecule has 0 unspecified atom stereocenters. The largest absolute Gasteiger partial charge is 0.354 e. The number of aromatic nitrogens is 1. The molecule has 1 heterocycles. The van der Waals surface area contributed by atoms with E-state index in [-0.39, 0.29) is 0 Å². The van der Waals surface area contributed by atoms with Crippen LogP contribution >= 0.6 is 0 Å². The molecule has 2 nitrogen and oxygen atoms in total. The average Bonchev–Trinajstić information content (AvgIpc) is 3.28. The molecule has 1 N–H and O–H groups in total. The maximum absolute atomic E-state index is 5.42. The Kier molecular flexibility index (Phi) is 4.82. The van der Waals surface area contributed by atoms with Gasteiger partial charge in [-0.25, -0.2) is 4.99 Å². The standard InChI is InChI=1S/C31H22N2/c1-4-12-22(13-5-1)25-20-21-28-29(26-18-10-11-19-27(26)32-28)31(25)33-30(23-14-6-2-7-15-23)24-16-8-3-9-17-24/h1-21,32H. The fourth-order valence-corrected chi connectivity index (χ4v) is 4.49. The van der Waals surface area contributed by atoms with Crippen LogP contribution in [0.1, 0.15) is 11.1 Å². The molecule has 0 spiro atoms. The lowest BCUT2D eigenvalue weighted by Gasteiger charge is -2.12. The van der Waals surface area contributed by atoms with Crippen molar-refractivity contribution < 1.29 is 0 Å². The van der Waals surface area contributed by atoms with E-state index in [0.29, 0.717) is 0 Å². The highest BCUT2D eigenvalue weighted by atomic mass is 14.8. The smallest absolute Gasteiger partial charge is 0.0815 e. The highest BCUT2D eigenvalue weighted by Gasteiger charge is 2.16. The zero-order valence-electron chi connectivity index (χ0n) is 18.1. The molecule has 0 atom stereocenters. The monoisotopic (exact) mass is 422 g/mol. The third-order valence-electron chi connectivity index (χ3n) is 6.05. The van der Waals surface area contributed by atoms with Gasteiger partial charge in [-0.05, 0) is 17.7 Å². The van der Waals surface area contributed by atoms with Crippen molar-refractivity contribution in [2.24, 2.45) is 4.99 Å². The van der Waals surface area contributed by atoms with E-state index in [2.05, 4.69) is 120 Å². The van der Waals surface area contributed by atoms with E-state index in [4.69, 9.17) is 4.99 Å². The summed E-state index contributed by atoms with van der Waals surface area (Å²) in [6.07, 6.45) is 0. The third kappa shape index (κ3) is 3.52. The van der Waals surface area contributed by atoms with Crippen molar-refractivity contribution >= 4 is 33.2 Å². The Morgan fingerprint density at radius 1 is 0.515 bits per heavy atom. The van der Waals surface area contributed by atoms with Gasteiger partial charge in [0.2, 0.25) is 0 Å². The van der Waals surface area contributed by atoms with Gasteiger partial charge in [0.15, 0.2) is 0 Å². The van der Waals surface area contributed by atoms with Crippen molar-refractivity contribution in [1.29, 1.82) is 0 Å². The van der Waals surface area contributed by atoms with E-state index < -0.39 is 0 Å². The minimum absolute atomic E-state index is 0.964. The van der Waals surface area contributed by atoms with Crippen LogP contribution in [0.2, 0.25) is 0 Å². The topological polar surface area (TPSA) is 28.1 Å². The number of hydrogen-bond donors (Lipinski definition) is 1. The van der Waals surface area contributed by atoms with Crippen LogP contribution in [0.25, 0.3) is 32.9 Å². The number of nitrogens with zero attached hydrogens (tertiary/aromatic N) is 1. The zero-order chi connectivity index (χ0) is 22.0. The van der Waals surface area contributed by atoms with Crippen molar-refractivity contribution in [3.05, 3.63) is 139 Å². The quantitative estimate of drug-likeness (QED) is 0.278. The van der Waals surface area contributed by atoms with Gasteiger partial charge < -0.3 is 4.98 Å². The Labute approximate surface area is 192 Å². The molecule has 0 radical (unpaired) electrons. The summed E-state index contributed by atoms with van der Waals surface area (Å²) in [7, 11) is 0. The number of benzene rings is 5. The Morgan fingerprint density at radius 2 is 1.09 bits per heavy atom. The molecule has 156 valence electrons. The summed E-state index contributed by atoms with van der Waals surface area (Å²) in [4.78, 5) is 9.00. The first-order valence-corrected chi connectivity index (χ1v) is 11.2. The van der Waals surface area contributed by atoms with Crippen molar-refractivity contribution in [3.8, 4) is 11.1 Å². The Hall–Kier alpha value is -4.43. The van der Waals surface area contributed by atoms with Gasteiger partial charge in [0.05, 0.1) is 11.4 Å². The summed E-state index contributed by atoms with van der Waals surface area (Å²) in [5, 5.41) is 2.33. The van der Waals surface area contributed by atoms with Crippen LogP contribution in [0.5, 0.6) is 0 Å². The molecule has 6 rings (SSSR count). The molecule has 0 aliphatic heterocycles. The average molecular weight is 423 g/mol. The maximum atomic E-state index is 5.42. The number of para-hydroxylation sites is 1. The summed E-state index contributed by atoms with van der Waals surface area (Å²) in [6, 6.07) is 44.2. The van der Waals surface area contributed by atoms with E-state index in [1.54, 1.807) is 0 Å². The van der Waals surface area contributed by atoms with Gasteiger partial charge in [-0.15, -0.1) is 0 Å². The highest BCUT2D eigenvalue weighted by molar-refractivity contribution is 6.20. The fraction of sp³-hybridized carbons (Fsp3) is 0. The van der Waals surface area contributed by atoms with Crippen molar-refractivity contribution in [3.63, 3.8) is 0 Å². The van der Waals surface area contributed by atoms with Gasteiger partial charge in [0.1, 0.15) is 0 Å². The molecule has 0 bridgehead atoms. The van der Waals surface area contributed by atoms with E-state index >= 15 is 0 Å². The van der Waals surface area contributed by atoms with Crippen LogP contribution in [0.15, 0.2) is 132 Å². The minimum atomic E-state index is 0.964. The number of fused-ring (bicyclic) bond motifs is 3. The minimum Gasteiger partial charge on any atom is -0.354 e. The predicted octanol–water partition coefficient (Wildman–Crippen LogP) is 8.16. The van der Waals surface area contributed by atoms with E-state index in [1.807, 2.05) is 12.1 Å². The highest BCUT2D eigenvalue weighted by Crippen LogP contribution is 2.41. The Bertz CT molecular complexity index is 1540. The molecular formula is C31H22N2. The molecule has 0 aliphatic carbocycles. The summed E-state index contributed by atoms with van der Waals surface area (Å²) >= 11 is 0. The predicted molar refractivity (Wildman–Crippen MR) is 139 cm³/mol. The first-order chi connectivity index (χ1) is 16.4. The van der Waals surface area contributed by atoms with Gasteiger partial charge in [0.25, 0.3) is 0 Å². The Balaban J connectivity index is 1.73. The van der Waals surface area contributed by atoms with Crippen molar-refractivity contribution in [2.45, 2.75) is 0 Å². The van der Waals surface area contributed by atoms with Crippen LogP contribution in [-0.2, 0) is 0 Å². The maximum Gasteiger partial charge on any atom is 0.0815 e. The zero-order valence-corrected chi connectivity index (χ0v) is 18.1. The van der Waals surface area contributed by atoms with Gasteiger partial charge >= 0.3 is 0 Å². The molecule has 0 saturated carbocycles. The summed E-state index contributed by atoms with van der Waals surface area (Å²) in [6.45, 7) is 0. The fourth-order valence-electron chi connectivity index (χ4n) is 4.49. The number of aromatic amines is 1. The number of rotatable bonds is 4. The van der Waals surface area contributed by atoms with Crippen LogP contribution in [-0.4, -0.2) is 10.7 Å². The lowest BCUT2D eigenvalue weighted by molar-refractivity contribution is 1.48. The molecule has 0 aliphatic rings. The molecule has 6 aromatic rings. The number of aliphatic imine (C=N–C) groups is 1. The van der Waals surface area contributed by atoms with Crippen LogP contribution < -0.4 is 0 Å². The van der Waals surface area contributed by atoms with Crippen molar-refractivity contribution in [1.82, 2.24) is 4.98 Å². The van der Waals surface area contributed by atoms with Crippen molar-refractivity contribution in [2.75, 3.05) is 0 Å². The van der Waals surface area contributed by atoms with E-state index in [1.165, 1.54) is 5.39 Å². The first kappa shape index (κ1) is 19.3. The number of H-pyrrole nitrogens is 1. The summed E-state index contributed by atoms with van der Waals surface area (Å²) in [5.74, 6) is 0. The number of hydrogen-bond acceptors (Lipinski definition) is 1. The van der Waals surface area contributed by atoms with Crippen LogP contribution in [0.4, 0.5) is 5.69 Å². The number of nitrogens with one attached hydrogen (secondary N) is 1. The molecule has 1 aromatic heterocycles. The Morgan fingerprint density at radius 3 is 1.76 bits per heavy atom. The summed E-state index contributed by atoms with van der Waals surface area (Å²) in [5.41, 5.74) is 8.63. The SMILES string of the molecule is c1ccc(C(=Nc2c(-c3ccccc3)ccc3[nH]c4ccccc4c23)c2ccccc2)cc1. The second-order valence-corrected chi connectivity index (χ2v) is 8.11. The lowest BCUT2D eigenvalue weighted by atomic mass is 9.98. The first-order valence-electron chi connectivity index (χ1n) is 11.2. The second kappa shape index (κ2) is 8.25. The molecule has 0 saturated heterocycles. The molecular weight excluding hydrogens is 400 g/mol. The molecule has 33 heavy (non-hydrogen) atoms. The molecule has 0 amide bonds. The van der Waals surface area contributed by atoms with Gasteiger partial charge in [-0.2, -0.15) is 0 Å². The normalized spacial score (nSPS) is 11.0. The van der Waals surface area contributed by atoms with Gasteiger partial charge in [-0.3, -0.25) is 0 Å². The van der Waals surface area contributed by atoms with Crippen LogP contribution in [0.3, 0.4) is 0 Å². The van der Waals surface area contributed by atoms with Gasteiger partial charge in [-0.1, -0.05) is 115 Å². The molecule has 5 aromatic carbocycles. The summed E-state index contributed by atoms with van der Waals surface area (Å²) < 4.78 is 0. The van der Waals surface area contributed by atoms with E-state index in [0.717, 1.165) is 50.1 Å².